The second-order valence-electron chi connectivity index (χ2n) is 5.15. The van der Waals surface area contributed by atoms with Crippen LogP contribution in [0.5, 0.6) is 0 Å². The van der Waals surface area contributed by atoms with Gasteiger partial charge in [-0.2, -0.15) is 0 Å². The number of piperidine rings is 1. The Morgan fingerprint density at radius 2 is 2.22 bits per heavy atom. The Morgan fingerprint density at radius 3 is 2.94 bits per heavy atom. The number of likely N-dealkylation sites (tertiary alicyclic amines) is 1. The highest BCUT2D eigenvalue weighted by Crippen LogP contribution is 2.23. The van der Waals surface area contributed by atoms with Gasteiger partial charge in [0.15, 0.2) is 0 Å². The van der Waals surface area contributed by atoms with Crippen molar-refractivity contribution < 1.29 is 5.11 Å². The molecule has 100 valence electrons. The molecule has 3 nitrogen and oxygen atoms in total. The van der Waals surface area contributed by atoms with E-state index in [1.807, 2.05) is 12.1 Å². The van der Waals surface area contributed by atoms with Crippen LogP contribution >= 0.6 is 15.9 Å². The van der Waals surface area contributed by atoms with Gasteiger partial charge < -0.3 is 10.8 Å². The molecule has 0 bridgehead atoms. The van der Waals surface area contributed by atoms with Gasteiger partial charge >= 0.3 is 0 Å². The van der Waals surface area contributed by atoms with E-state index in [0.29, 0.717) is 12.5 Å². The predicted molar refractivity (Wildman–Crippen MR) is 78.3 cm³/mol. The van der Waals surface area contributed by atoms with E-state index < -0.39 is 0 Å². The SMILES string of the molecule is Nc1cc(Br)cc(CN2CCCC(CCO)C2)c1. The van der Waals surface area contributed by atoms with Gasteiger partial charge in [-0.05, 0) is 55.5 Å². The lowest BCUT2D eigenvalue weighted by Gasteiger charge is -2.32. The third kappa shape index (κ3) is 3.97. The number of nitrogens with zero attached hydrogens (tertiary/aromatic N) is 1. The molecule has 0 saturated carbocycles. The summed E-state index contributed by atoms with van der Waals surface area (Å²) in [6.07, 6.45) is 3.41. The fourth-order valence-corrected chi connectivity index (χ4v) is 3.30. The molecule has 1 atom stereocenters. The number of nitrogens with two attached hydrogens (primary N) is 1. The number of aliphatic hydroxyl groups is 1. The first-order valence-electron chi connectivity index (χ1n) is 6.55. The zero-order chi connectivity index (χ0) is 13.0. The van der Waals surface area contributed by atoms with E-state index in [2.05, 4.69) is 26.9 Å². The van der Waals surface area contributed by atoms with E-state index in [0.717, 1.165) is 36.2 Å². The monoisotopic (exact) mass is 312 g/mol. The molecule has 1 aliphatic heterocycles. The molecular weight excluding hydrogens is 292 g/mol. The van der Waals surface area contributed by atoms with Crippen molar-refractivity contribution in [2.24, 2.45) is 5.92 Å². The van der Waals surface area contributed by atoms with Crippen LogP contribution in [0.25, 0.3) is 0 Å². The lowest BCUT2D eigenvalue weighted by atomic mass is 9.95. The smallest absolute Gasteiger partial charge is 0.0434 e. The Morgan fingerprint density at radius 1 is 1.39 bits per heavy atom. The molecule has 3 N–H and O–H groups in total. The summed E-state index contributed by atoms with van der Waals surface area (Å²) in [4.78, 5) is 2.46. The molecule has 1 aromatic carbocycles. The number of halogens is 1. The van der Waals surface area contributed by atoms with Crippen LogP contribution in [0.15, 0.2) is 22.7 Å². The average molecular weight is 313 g/mol. The van der Waals surface area contributed by atoms with Gasteiger partial charge in [-0.1, -0.05) is 15.9 Å². The summed E-state index contributed by atoms with van der Waals surface area (Å²) in [5.41, 5.74) is 7.92. The van der Waals surface area contributed by atoms with Gasteiger partial charge in [-0.15, -0.1) is 0 Å². The molecule has 0 aliphatic carbocycles. The minimum atomic E-state index is 0.308. The van der Waals surface area contributed by atoms with Crippen molar-refractivity contribution in [1.29, 1.82) is 0 Å². The minimum absolute atomic E-state index is 0.308. The van der Waals surface area contributed by atoms with Crippen molar-refractivity contribution in [3.63, 3.8) is 0 Å². The Bertz CT molecular complexity index is 375. The van der Waals surface area contributed by atoms with Crippen LogP contribution in [0.2, 0.25) is 0 Å². The van der Waals surface area contributed by atoms with Gasteiger partial charge in [-0.25, -0.2) is 0 Å². The summed E-state index contributed by atoms with van der Waals surface area (Å²) < 4.78 is 1.04. The molecule has 1 fully saturated rings. The number of nitrogen functional groups attached to an aromatic ring is 1. The highest BCUT2D eigenvalue weighted by atomic mass is 79.9. The number of hydrogen-bond acceptors (Lipinski definition) is 3. The number of hydrogen-bond donors (Lipinski definition) is 2. The van der Waals surface area contributed by atoms with Crippen molar-refractivity contribution in [2.45, 2.75) is 25.8 Å². The molecule has 0 radical (unpaired) electrons. The van der Waals surface area contributed by atoms with Gasteiger partial charge in [0.05, 0.1) is 0 Å². The third-order valence-electron chi connectivity index (χ3n) is 3.53. The maximum Gasteiger partial charge on any atom is 0.0434 e. The lowest BCUT2D eigenvalue weighted by molar-refractivity contribution is 0.142. The van der Waals surface area contributed by atoms with Crippen LogP contribution in [0, 0.1) is 5.92 Å². The van der Waals surface area contributed by atoms with E-state index in [1.54, 1.807) is 0 Å². The van der Waals surface area contributed by atoms with Crippen LogP contribution in [-0.4, -0.2) is 29.7 Å². The molecule has 0 spiro atoms. The maximum atomic E-state index is 9.03. The van der Waals surface area contributed by atoms with Gasteiger partial charge in [0.25, 0.3) is 0 Å². The van der Waals surface area contributed by atoms with Crippen molar-refractivity contribution in [3.05, 3.63) is 28.2 Å². The first kappa shape index (κ1) is 13.8. The minimum Gasteiger partial charge on any atom is -0.399 e. The topological polar surface area (TPSA) is 49.5 Å². The molecular formula is C14H21BrN2O. The van der Waals surface area contributed by atoms with E-state index in [4.69, 9.17) is 10.8 Å². The van der Waals surface area contributed by atoms with E-state index in [9.17, 15) is 0 Å². The molecule has 0 aromatic heterocycles. The third-order valence-corrected chi connectivity index (χ3v) is 3.98. The standard InChI is InChI=1S/C14H21BrN2O/c15-13-6-12(7-14(16)8-13)10-17-4-1-2-11(9-17)3-5-18/h6-8,11,18H,1-5,9-10,16H2. The zero-order valence-electron chi connectivity index (χ0n) is 10.6. The first-order chi connectivity index (χ1) is 8.67. The van der Waals surface area contributed by atoms with E-state index in [-0.39, 0.29) is 0 Å². The summed E-state index contributed by atoms with van der Waals surface area (Å²) in [5.74, 6) is 0.647. The van der Waals surface area contributed by atoms with Gasteiger partial charge in [0, 0.05) is 29.9 Å². The fraction of sp³-hybridized carbons (Fsp3) is 0.571. The van der Waals surface area contributed by atoms with E-state index >= 15 is 0 Å². The number of aliphatic hydroxyl groups excluding tert-OH is 1. The summed E-state index contributed by atoms with van der Waals surface area (Å²) in [7, 11) is 0. The largest absolute Gasteiger partial charge is 0.399 e. The highest BCUT2D eigenvalue weighted by Gasteiger charge is 2.19. The lowest BCUT2D eigenvalue weighted by Crippen LogP contribution is -2.35. The quantitative estimate of drug-likeness (QED) is 0.840. The van der Waals surface area contributed by atoms with E-state index in [1.165, 1.54) is 18.4 Å². The Kier molecular flexibility index (Phi) is 5.03. The Labute approximate surface area is 117 Å². The normalized spacial score (nSPS) is 21.1. The molecule has 1 heterocycles. The van der Waals surface area contributed by atoms with Crippen LogP contribution < -0.4 is 5.73 Å². The second kappa shape index (κ2) is 6.55. The number of anilines is 1. The molecule has 1 aliphatic rings. The predicted octanol–water partition coefficient (Wildman–Crippen LogP) is 2.63. The Hall–Kier alpha value is -0.580. The first-order valence-corrected chi connectivity index (χ1v) is 7.35. The molecule has 0 amide bonds. The molecule has 1 saturated heterocycles. The van der Waals surface area contributed by atoms with Gasteiger partial charge in [0.1, 0.15) is 0 Å². The summed E-state index contributed by atoms with van der Waals surface area (Å²) in [6, 6.07) is 6.10. The zero-order valence-corrected chi connectivity index (χ0v) is 12.2. The maximum absolute atomic E-state index is 9.03. The molecule has 18 heavy (non-hydrogen) atoms. The fourth-order valence-electron chi connectivity index (χ4n) is 2.74. The summed E-state index contributed by atoms with van der Waals surface area (Å²) in [5, 5.41) is 9.03. The van der Waals surface area contributed by atoms with Crippen molar-refractivity contribution in [1.82, 2.24) is 4.90 Å². The Balaban J connectivity index is 1.95. The van der Waals surface area contributed by atoms with Gasteiger partial charge in [-0.3, -0.25) is 4.90 Å². The second-order valence-corrected chi connectivity index (χ2v) is 6.06. The van der Waals surface area contributed by atoms with Crippen LogP contribution in [-0.2, 0) is 6.54 Å². The number of rotatable bonds is 4. The van der Waals surface area contributed by atoms with Crippen LogP contribution in [0.3, 0.4) is 0 Å². The summed E-state index contributed by atoms with van der Waals surface area (Å²) in [6.45, 7) is 3.50. The molecule has 4 heteroatoms. The molecule has 2 rings (SSSR count). The summed E-state index contributed by atoms with van der Waals surface area (Å²) >= 11 is 3.48. The van der Waals surface area contributed by atoms with Crippen LogP contribution in [0.1, 0.15) is 24.8 Å². The molecule has 1 unspecified atom stereocenters. The highest BCUT2D eigenvalue weighted by molar-refractivity contribution is 9.10. The number of benzene rings is 1. The van der Waals surface area contributed by atoms with Gasteiger partial charge in [0.2, 0.25) is 0 Å². The average Bonchev–Trinajstić information content (AvgIpc) is 2.28. The van der Waals surface area contributed by atoms with Crippen molar-refractivity contribution in [2.75, 3.05) is 25.4 Å². The molecule has 1 aromatic rings. The van der Waals surface area contributed by atoms with Crippen LogP contribution in [0.4, 0.5) is 5.69 Å². The van der Waals surface area contributed by atoms with Crippen molar-refractivity contribution >= 4 is 21.6 Å². The van der Waals surface area contributed by atoms with Crippen molar-refractivity contribution in [3.8, 4) is 0 Å².